The molecule has 0 unspecified atom stereocenters. The van der Waals surface area contributed by atoms with E-state index >= 15 is 0 Å². The number of aryl methyl sites for hydroxylation is 2. The van der Waals surface area contributed by atoms with Crippen molar-refractivity contribution in [3.05, 3.63) is 82.9 Å². The van der Waals surface area contributed by atoms with Gasteiger partial charge < -0.3 is 10.6 Å². The van der Waals surface area contributed by atoms with Crippen LogP contribution in [0.5, 0.6) is 0 Å². The van der Waals surface area contributed by atoms with E-state index in [1.54, 1.807) is 31.2 Å². The molecule has 3 aromatic rings. The molecule has 0 bridgehead atoms. The van der Waals surface area contributed by atoms with Gasteiger partial charge in [0.2, 0.25) is 5.95 Å². The van der Waals surface area contributed by atoms with Crippen LogP contribution in [0.25, 0.3) is 0 Å². The van der Waals surface area contributed by atoms with E-state index < -0.39 is 0 Å². The largest absolute Gasteiger partial charge is 0.354 e. The number of aromatic nitrogens is 2. The van der Waals surface area contributed by atoms with Gasteiger partial charge >= 0.3 is 0 Å². The van der Waals surface area contributed by atoms with E-state index in [1.807, 2.05) is 24.3 Å². The Bertz CT molecular complexity index is 957. The molecule has 0 saturated carbocycles. The Labute approximate surface area is 164 Å². The molecule has 2 N–H and O–H groups in total. The second-order valence-electron chi connectivity index (χ2n) is 6.49. The number of carbonyl (C=O) groups is 1. The Morgan fingerprint density at radius 2 is 1.82 bits per heavy atom. The van der Waals surface area contributed by atoms with Crippen LogP contribution in [0.2, 0.25) is 0 Å². The van der Waals surface area contributed by atoms with Gasteiger partial charge in [-0.3, -0.25) is 4.79 Å². The number of hydrogen-bond donors (Lipinski definition) is 2. The Balaban J connectivity index is 1.64. The Morgan fingerprint density at radius 3 is 2.54 bits per heavy atom. The highest BCUT2D eigenvalue weighted by atomic mass is 19.1. The number of benzene rings is 2. The van der Waals surface area contributed by atoms with Crippen molar-refractivity contribution in [2.24, 2.45) is 0 Å². The van der Waals surface area contributed by atoms with Gasteiger partial charge in [0.05, 0.1) is 0 Å². The van der Waals surface area contributed by atoms with Crippen LogP contribution >= 0.6 is 0 Å². The summed E-state index contributed by atoms with van der Waals surface area (Å²) in [4.78, 5) is 21.1. The van der Waals surface area contributed by atoms with E-state index in [0.29, 0.717) is 35.9 Å². The van der Waals surface area contributed by atoms with E-state index in [0.717, 1.165) is 6.42 Å². The lowest BCUT2D eigenvalue weighted by Gasteiger charge is -2.09. The van der Waals surface area contributed by atoms with Gasteiger partial charge in [-0.25, -0.2) is 14.4 Å². The van der Waals surface area contributed by atoms with Gasteiger partial charge in [-0.05, 0) is 55.2 Å². The highest BCUT2D eigenvalue weighted by Crippen LogP contribution is 2.13. The number of anilines is 2. The van der Waals surface area contributed by atoms with Crippen LogP contribution in [-0.4, -0.2) is 22.4 Å². The van der Waals surface area contributed by atoms with Gasteiger partial charge in [0.15, 0.2) is 0 Å². The fourth-order valence-corrected chi connectivity index (χ4v) is 2.79. The van der Waals surface area contributed by atoms with Gasteiger partial charge in [0.1, 0.15) is 11.5 Å². The third-order valence-corrected chi connectivity index (χ3v) is 4.34. The molecular formula is C22H23FN4O. The molecule has 5 nitrogen and oxygen atoms in total. The molecule has 0 fully saturated rings. The van der Waals surface area contributed by atoms with Gasteiger partial charge in [-0.1, -0.05) is 37.3 Å². The van der Waals surface area contributed by atoms with Crippen molar-refractivity contribution in [3.8, 4) is 0 Å². The third kappa shape index (κ3) is 5.13. The molecule has 0 radical (unpaired) electrons. The summed E-state index contributed by atoms with van der Waals surface area (Å²) in [5.74, 6) is -0.182. The zero-order chi connectivity index (χ0) is 19.9. The van der Waals surface area contributed by atoms with Crippen molar-refractivity contribution in [2.45, 2.75) is 26.7 Å². The molecule has 1 aromatic heterocycles. The average Bonchev–Trinajstić information content (AvgIpc) is 2.69. The first-order valence-electron chi connectivity index (χ1n) is 9.28. The smallest absolute Gasteiger partial charge is 0.274 e. The molecule has 0 aliphatic carbocycles. The minimum absolute atomic E-state index is 0.233. The predicted octanol–water partition coefficient (Wildman–Crippen LogP) is 4.39. The average molecular weight is 378 g/mol. The van der Waals surface area contributed by atoms with Crippen LogP contribution in [-0.2, 0) is 12.8 Å². The molecule has 0 saturated heterocycles. The SMILES string of the molecule is CCc1ccc(NC(=O)c2cc(C)nc(NCCc3ccccc3F)n2)cc1. The summed E-state index contributed by atoms with van der Waals surface area (Å²) < 4.78 is 13.7. The van der Waals surface area contributed by atoms with Gasteiger partial charge in [-0.2, -0.15) is 0 Å². The number of hydrogen-bond acceptors (Lipinski definition) is 4. The fourth-order valence-electron chi connectivity index (χ4n) is 2.79. The standard InChI is InChI=1S/C22H23FN4O/c1-3-16-8-10-18(11-9-16)26-21(28)20-14-15(2)25-22(27-20)24-13-12-17-6-4-5-7-19(17)23/h4-11,14H,3,12-13H2,1-2H3,(H,26,28)(H,24,25,27). The quantitative estimate of drug-likeness (QED) is 0.640. The Hall–Kier alpha value is -3.28. The number of nitrogens with one attached hydrogen (secondary N) is 2. The monoisotopic (exact) mass is 378 g/mol. The fraction of sp³-hybridized carbons (Fsp3) is 0.227. The first kappa shape index (κ1) is 19.5. The molecule has 0 spiro atoms. The van der Waals surface area contributed by atoms with Crippen molar-refractivity contribution in [3.63, 3.8) is 0 Å². The van der Waals surface area contributed by atoms with E-state index in [9.17, 15) is 9.18 Å². The maximum Gasteiger partial charge on any atom is 0.274 e. The van der Waals surface area contributed by atoms with Crippen molar-refractivity contribution >= 4 is 17.5 Å². The molecule has 0 atom stereocenters. The third-order valence-electron chi connectivity index (χ3n) is 4.34. The molecule has 0 aliphatic rings. The summed E-state index contributed by atoms with van der Waals surface area (Å²) in [6.45, 7) is 4.35. The summed E-state index contributed by atoms with van der Waals surface area (Å²) in [7, 11) is 0. The van der Waals surface area contributed by atoms with Crippen LogP contribution in [0.15, 0.2) is 54.6 Å². The maximum atomic E-state index is 13.7. The molecule has 0 aliphatic heterocycles. The van der Waals surface area contributed by atoms with Gasteiger partial charge in [0, 0.05) is 17.9 Å². The predicted molar refractivity (Wildman–Crippen MR) is 109 cm³/mol. The van der Waals surface area contributed by atoms with Crippen LogP contribution in [0.1, 0.15) is 34.2 Å². The zero-order valence-corrected chi connectivity index (χ0v) is 16.0. The minimum atomic E-state index is -0.299. The van der Waals surface area contributed by atoms with Crippen LogP contribution < -0.4 is 10.6 Å². The lowest BCUT2D eigenvalue weighted by atomic mass is 10.1. The Morgan fingerprint density at radius 1 is 1.07 bits per heavy atom. The van der Waals surface area contributed by atoms with Gasteiger partial charge in [-0.15, -0.1) is 0 Å². The molecule has 1 heterocycles. The molecule has 2 aromatic carbocycles. The van der Waals surface area contributed by atoms with Crippen LogP contribution in [0.3, 0.4) is 0 Å². The summed E-state index contributed by atoms with van der Waals surface area (Å²) in [6, 6.07) is 16.0. The lowest BCUT2D eigenvalue weighted by molar-refractivity contribution is 0.102. The summed E-state index contributed by atoms with van der Waals surface area (Å²) in [6.07, 6.45) is 1.44. The number of rotatable bonds is 7. The van der Waals surface area contributed by atoms with E-state index in [1.165, 1.54) is 11.6 Å². The molecule has 1 amide bonds. The second-order valence-corrected chi connectivity index (χ2v) is 6.49. The normalized spacial score (nSPS) is 10.5. The van der Waals surface area contributed by atoms with Crippen LogP contribution in [0, 0.1) is 12.7 Å². The molecule has 6 heteroatoms. The summed E-state index contributed by atoms with van der Waals surface area (Å²) >= 11 is 0. The van der Waals surface area contributed by atoms with Crippen LogP contribution in [0.4, 0.5) is 16.0 Å². The molecule has 144 valence electrons. The lowest BCUT2D eigenvalue weighted by Crippen LogP contribution is -2.17. The van der Waals surface area contributed by atoms with E-state index in [4.69, 9.17) is 0 Å². The molecular weight excluding hydrogens is 355 g/mol. The summed E-state index contributed by atoms with van der Waals surface area (Å²) in [5, 5.41) is 5.91. The highest BCUT2D eigenvalue weighted by Gasteiger charge is 2.11. The number of carbonyl (C=O) groups excluding carboxylic acids is 1. The van der Waals surface area contributed by atoms with Crippen molar-refractivity contribution in [2.75, 3.05) is 17.2 Å². The van der Waals surface area contributed by atoms with Gasteiger partial charge in [0.25, 0.3) is 5.91 Å². The highest BCUT2D eigenvalue weighted by molar-refractivity contribution is 6.03. The number of amides is 1. The number of nitrogens with zero attached hydrogens (tertiary/aromatic N) is 2. The maximum absolute atomic E-state index is 13.7. The van der Waals surface area contributed by atoms with E-state index in [2.05, 4.69) is 27.5 Å². The minimum Gasteiger partial charge on any atom is -0.354 e. The molecule has 28 heavy (non-hydrogen) atoms. The van der Waals surface area contributed by atoms with Crippen molar-refractivity contribution in [1.29, 1.82) is 0 Å². The first-order valence-corrected chi connectivity index (χ1v) is 9.28. The first-order chi connectivity index (χ1) is 13.5. The van der Waals surface area contributed by atoms with Crippen molar-refractivity contribution in [1.82, 2.24) is 9.97 Å². The topological polar surface area (TPSA) is 66.9 Å². The molecule has 3 rings (SSSR count). The summed E-state index contributed by atoms with van der Waals surface area (Å²) in [5.41, 5.74) is 3.50. The second kappa shape index (κ2) is 9.08. The Kier molecular flexibility index (Phi) is 6.32. The van der Waals surface area contributed by atoms with Crippen molar-refractivity contribution < 1.29 is 9.18 Å². The zero-order valence-electron chi connectivity index (χ0n) is 16.0. The van der Waals surface area contributed by atoms with E-state index in [-0.39, 0.29) is 17.4 Å². The number of halogens is 1.